The fourth-order valence-electron chi connectivity index (χ4n) is 4.53. The van der Waals surface area contributed by atoms with Crippen LogP contribution in [0, 0.1) is 0 Å². The van der Waals surface area contributed by atoms with Gasteiger partial charge in [-0.25, -0.2) is 9.78 Å². The SMILES string of the molecule is O=C(Nc1cncc(OCC(O)CO)c1)N1c2nc(-c3cccc(C(F)(F)F)c3)c(Cl)cc2N2CC[C@H]1C2. The molecule has 2 atom stereocenters. The Kier molecular flexibility index (Phi) is 7.03. The van der Waals surface area contributed by atoms with E-state index in [-0.39, 0.29) is 34.7 Å². The van der Waals surface area contributed by atoms with Gasteiger partial charge >= 0.3 is 12.2 Å². The number of pyridine rings is 2. The zero-order valence-electron chi connectivity index (χ0n) is 19.8. The van der Waals surface area contributed by atoms with E-state index in [1.54, 1.807) is 6.07 Å². The second-order valence-corrected chi connectivity index (χ2v) is 9.39. The second-order valence-electron chi connectivity index (χ2n) is 8.99. The Morgan fingerprint density at radius 1 is 1.26 bits per heavy atom. The molecular weight excluding hydrogens is 527 g/mol. The summed E-state index contributed by atoms with van der Waals surface area (Å²) < 4.78 is 45.3. The highest BCUT2D eigenvalue weighted by Gasteiger charge is 2.41. The predicted octanol–water partition coefficient (Wildman–Crippen LogP) is 4.18. The summed E-state index contributed by atoms with van der Waals surface area (Å²) in [6.45, 7) is 0.605. The molecule has 1 aromatic carbocycles. The molecule has 4 heterocycles. The van der Waals surface area contributed by atoms with Crippen molar-refractivity contribution in [3.63, 3.8) is 0 Å². The van der Waals surface area contributed by atoms with Crippen molar-refractivity contribution in [2.45, 2.75) is 24.7 Å². The monoisotopic (exact) mass is 549 g/mol. The number of aromatic nitrogens is 2. The summed E-state index contributed by atoms with van der Waals surface area (Å²) in [5.74, 6) is 0.567. The van der Waals surface area contributed by atoms with Crippen LogP contribution in [0.15, 0.2) is 48.8 Å². The maximum atomic E-state index is 13.5. The molecule has 3 N–H and O–H groups in total. The minimum absolute atomic E-state index is 0.135. The number of anilines is 3. The summed E-state index contributed by atoms with van der Waals surface area (Å²) in [5.41, 5.74) is 0.421. The first-order valence-corrected chi connectivity index (χ1v) is 12.1. The van der Waals surface area contributed by atoms with E-state index in [9.17, 15) is 23.1 Å². The molecule has 5 rings (SSSR count). The van der Waals surface area contributed by atoms with E-state index in [4.69, 9.17) is 21.4 Å². The van der Waals surface area contributed by atoms with Crippen molar-refractivity contribution in [1.29, 1.82) is 0 Å². The largest absolute Gasteiger partial charge is 0.489 e. The number of alkyl halides is 3. The van der Waals surface area contributed by atoms with Crippen LogP contribution in [0.3, 0.4) is 0 Å². The van der Waals surface area contributed by atoms with Crippen molar-refractivity contribution in [2.24, 2.45) is 0 Å². The number of benzene rings is 1. The molecule has 1 fully saturated rings. The highest BCUT2D eigenvalue weighted by atomic mass is 35.5. The lowest BCUT2D eigenvalue weighted by Gasteiger charge is -2.36. The van der Waals surface area contributed by atoms with Crippen LogP contribution in [0.25, 0.3) is 11.3 Å². The fraction of sp³-hybridized carbons (Fsp3) is 0.320. The van der Waals surface area contributed by atoms with Crippen molar-refractivity contribution in [2.75, 3.05) is 41.4 Å². The van der Waals surface area contributed by atoms with E-state index in [0.29, 0.717) is 36.7 Å². The summed E-state index contributed by atoms with van der Waals surface area (Å²) in [7, 11) is 0. The van der Waals surface area contributed by atoms with Crippen molar-refractivity contribution >= 4 is 34.8 Å². The molecule has 2 bridgehead atoms. The van der Waals surface area contributed by atoms with Gasteiger partial charge in [-0.3, -0.25) is 9.88 Å². The Balaban J connectivity index is 1.46. The first-order chi connectivity index (χ1) is 18.1. The lowest BCUT2D eigenvalue weighted by Crippen LogP contribution is -2.48. The molecule has 0 saturated carbocycles. The van der Waals surface area contributed by atoms with Crippen molar-refractivity contribution in [3.8, 4) is 17.0 Å². The molecule has 2 aliphatic rings. The zero-order chi connectivity index (χ0) is 27.0. The third-order valence-electron chi connectivity index (χ3n) is 6.33. The number of hydrogen-bond donors (Lipinski definition) is 3. The predicted molar refractivity (Wildman–Crippen MR) is 135 cm³/mol. The van der Waals surface area contributed by atoms with Gasteiger partial charge in [-0.05, 0) is 24.6 Å². The van der Waals surface area contributed by atoms with Crippen LogP contribution in [-0.2, 0) is 6.18 Å². The van der Waals surface area contributed by atoms with Crippen molar-refractivity contribution in [3.05, 3.63) is 59.4 Å². The number of urea groups is 1. The smallest absolute Gasteiger partial charge is 0.416 e. The summed E-state index contributed by atoms with van der Waals surface area (Å²) in [6, 6.07) is 7.16. The molecule has 0 spiro atoms. The third kappa shape index (κ3) is 5.19. The number of nitrogens with zero attached hydrogens (tertiary/aromatic N) is 4. The van der Waals surface area contributed by atoms with Gasteiger partial charge in [0.05, 0.1) is 52.7 Å². The number of carbonyl (C=O) groups excluding carboxylic acids is 1. The van der Waals surface area contributed by atoms with Gasteiger partial charge in [0.15, 0.2) is 5.82 Å². The van der Waals surface area contributed by atoms with Crippen LogP contribution >= 0.6 is 11.6 Å². The number of fused-ring (bicyclic) bond motifs is 4. The van der Waals surface area contributed by atoms with Gasteiger partial charge in [-0.15, -0.1) is 0 Å². The van der Waals surface area contributed by atoms with Crippen molar-refractivity contribution < 1.29 is 32.9 Å². The molecule has 1 unspecified atom stereocenters. The lowest BCUT2D eigenvalue weighted by atomic mass is 10.1. The minimum atomic E-state index is -4.53. The van der Waals surface area contributed by atoms with Crippen LogP contribution in [0.1, 0.15) is 12.0 Å². The molecule has 0 radical (unpaired) electrons. The number of hydrogen-bond acceptors (Lipinski definition) is 7. The third-order valence-corrected chi connectivity index (χ3v) is 6.62. The quantitative estimate of drug-likeness (QED) is 0.423. The van der Waals surface area contributed by atoms with Crippen molar-refractivity contribution in [1.82, 2.24) is 9.97 Å². The number of halogens is 4. The summed E-state index contributed by atoms with van der Waals surface area (Å²) in [6.07, 6.45) is -2.11. The van der Waals surface area contributed by atoms with E-state index in [1.807, 2.05) is 4.90 Å². The number of ether oxygens (including phenoxy) is 1. The van der Waals surface area contributed by atoms with Crippen LogP contribution < -0.4 is 19.9 Å². The minimum Gasteiger partial charge on any atom is -0.489 e. The Morgan fingerprint density at radius 3 is 2.84 bits per heavy atom. The van der Waals surface area contributed by atoms with E-state index >= 15 is 0 Å². The molecule has 13 heteroatoms. The van der Waals surface area contributed by atoms with Gasteiger partial charge in [0.2, 0.25) is 0 Å². The maximum absolute atomic E-state index is 13.5. The van der Waals surface area contributed by atoms with Crippen LogP contribution in [0.4, 0.5) is 35.2 Å². The Labute approximate surface area is 220 Å². The average molecular weight is 550 g/mol. The topological polar surface area (TPSA) is 111 Å². The van der Waals surface area contributed by atoms with E-state index in [0.717, 1.165) is 12.1 Å². The van der Waals surface area contributed by atoms with Crippen LogP contribution in [-0.4, -0.2) is 64.7 Å². The second kappa shape index (κ2) is 10.3. The number of amides is 2. The Morgan fingerprint density at radius 2 is 2.08 bits per heavy atom. The van der Waals surface area contributed by atoms with E-state index in [2.05, 4.69) is 15.3 Å². The Hall–Kier alpha value is -3.61. The number of aliphatic hydroxyl groups is 2. The summed E-state index contributed by atoms with van der Waals surface area (Å²) in [5, 5.41) is 21.4. The van der Waals surface area contributed by atoms with E-state index in [1.165, 1.54) is 35.5 Å². The zero-order valence-corrected chi connectivity index (χ0v) is 20.6. The molecule has 200 valence electrons. The first-order valence-electron chi connectivity index (χ1n) is 11.7. The molecule has 3 aromatic rings. The molecule has 38 heavy (non-hydrogen) atoms. The summed E-state index contributed by atoms with van der Waals surface area (Å²) >= 11 is 6.49. The summed E-state index contributed by atoms with van der Waals surface area (Å²) in [4.78, 5) is 25.7. The van der Waals surface area contributed by atoms with Gasteiger partial charge in [0.25, 0.3) is 0 Å². The van der Waals surface area contributed by atoms with E-state index < -0.39 is 30.5 Å². The van der Waals surface area contributed by atoms with Gasteiger partial charge < -0.3 is 25.2 Å². The highest BCUT2D eigenvalue weighted by Crippen LogP contribution is 2.43. The maximum Gasteiger partial charge on any atom is 0.416 e. The molecule has 2 aromatic heterocycles. The molecule has 0 aliphatic carbocycles. The first kappa shape index (κ1) is 26.0. The molecular formula is C25H23ClF3N5O4. The molecule has 1 saturated heterocycles. The fourth-order valence-corrected chi connectivity index (χ4v) is 4.78. The van der Waals surface area contributed by atoms with Crippen LogP contribution in [0.5, 0.6) is 5.75 Å². The highest BCUT2D eigenvalue weighted by molar-refractivity contribution is 6.33. The van der Waals surface area contributed by atoms with Crippen LogP contribution in [0.2, 0.25) is 5.02 Å². The van der Waals surface area contributed by atoms with Gasteiger partial charge in [0, 0.05) is 24.7 Å². The number of nitrogens with one attached hydrogen (secondary N) is 1. The average Bonchev–Trinajstić information content (AvgIpc) is 3.31. The molecule has 9 nitrogen and oxygen atoms in total. The van der Waals surface area contributed by atoms with Gasteiger partial charge in [0.1, 0.15) is 18.5 Å². The number of rotatable bonds is 6. The molecule has 2 amide bonds. The molecule has 2 aliphatic heterocycles. The lowest BCUT2D eigenvalue weighted by molar-refractivity contribution is -0.137. The van der Waals surface area contributed by atoms with Gasteiger partial charge in [-0.1, -0.05) is 23.7 Å². The number of aliphatic hydroxyl groups excluding tert-OH is 2. The normalized spacial score (nSPS) is 17.3. The number of carbonyl (C=O) groups is 1. The standard InChI is InChI=1S/C25H23ClF3N5O4/c26-20-8-21-23(32-22(20)14-2-1-3-15(6-14)25(27,28)29)34(17-4-5-33(21)11-17)24(37)31-16-7-19(10-30-9-16)38-13-18(36)12-35/h1-3,6-10,17-18,35-36H,4-5,11-13H2,(H,31,37)/t17-,18?/m0/s1. The Bertz CT molecular complexity index is 1360. The van der Waals surface area contributed by atoms with Gasteiger partial charge in [-0.2, -0.15) is 13.2 Å².